The van der Waals surface area contributed by atoms with E-state index < -0.39 is 21.3 Å². The first-order valence-corrected chi connectivity index (χ1v) is 15.8. The Hall–Kier alpha value is -4.87. The van der Waals surface area contributed by atoms with Crippen molar-refractivity contribution in [3.63, 3.8) is 0 Å². The molecule has 44 heavy (non-hydrogen) atoms. The lowest BCUT2D eigenvalue weighted by Gasteiger charge is -2.17. The van der Waals surface area contributed by atoms with Crippen LogP contribution in [0.15, 0.2) is 79.1 Å². The minimum Gasteiger partial charge on any atom is -0.353 e. The largest absolute Gasteiger partial charge is 0.353 e. The van der Waals surface area contributed by atoms with E-state index in [1.165, 1.54) is 12.1 Å². The van der Waals surface area contributed by atoms with Crippen LogP contribution >= 0.6 is 0 Å². The van der Waals surface area contributed by atoms with Crippen LogP contribution in [0, 0.1) is 11.2 Å². The number of carbonyl (C=O) groups excluding carboxylic acids is 1. The Bertz CT molecular complexity index is 2160. The number of halogens is 1. The van der Waals surface area contributed by atoms with E-state index >= 15 is 0 Å². The predicted octanol–water partition coefficient (Wildman–Crippen LogP) is 6.61. The van der Waals surface area contributed by atoms with Crippen molar-refractivity contribution in [1.29, 1.82) is 0 Å². The molecule has 224 valence electrons. The molecule has 0 bridgehead atoms. The van der Waals surface area contributed by atoms with Crippen LogP contribution in [-0.4, -0.2) is 40.7 Å². The minimum absolute atomic E-state index is 0.0130. The lowest BCUT2D eigenvalue weighted by atomic mass is 9.95. The monoisotopic (exact) mass is 610 g/mol. The highest BCUT2D eigenvalue weighted by Gasteiger charge is 2.21. The SMILES string of the molecule is CC(C)(C)C(=O)Nc1cncc(-c2ccc3[nH]nc(-c4cc5c(-c6cc(F)cc(CNS(C)(=O)=O)c6)cccc5[nH]4)c3c2)c1. The lowest BCUT2D eigenvalue weighted by molar-refractivity contribution is -0.123. The molecule has 3 aromatic heterocycles. The van der Waals surface area contributed by atoms with E-state index in [1.807, 2.05) is 69.3 Å². The first-order chi connectivity index (χ1) is 20.8. The number of carbonyl (C=O) groups is 1. The summed E-state index contributed by atoms with van der Waals surface area (Å²) >= 11 is 0. The molecule has 1 amide bonds. The molecule has 0 aliphatic rings. The highest BCUT2D eigenvalue weighted by atomic mass is 32.2. The van der Waals surface area contributed by atoms with Gasteiger partial charge in [0.1, 0.15) is 11.5 Å². The van der Waals surface area contributed by atoms with Crippen molar-refractivity contribution in [2.75, 3.05) is 11.6 Å². The topological polar surface area (TPSA) is 133 Å². The first-order valence-electron chi connectivity index (χ1n) is 14.0. The number of aromatic nitrogens is 4. The summed E-state index contributed by atoms with van der Waals surface area (Å²) in [7, 11) is -3.43. The molecule has 0 atom stereocenters. The fraction of sp³-hybridized carbons (Fsp3) is 0.182. The van der Waals surface area contributed by atoms with E-state index in [4.69, 9.17) is 0 Å². The zero-order chi connectivity index (χ0) is 31.2. The van der Waals surface area contributed by atoms with Gasteiger partial charge in [0.2, 0.25) is 15.9 Å². The van der Waals surface area contributed by atoms with Crippen LogP contribution in [0.25, 0.3) is 55.4 Å². The maximum Gasteiger partial charge on any atom is 0.229 e. The quantitative estimate of drug-likeness (QED) is 0.161. The number of hydrogen-bond donors (Lipinski definition) is 4. The molecule has 0 radical (unpaired) electrons. The van der Waals surface area contributed by atoms with Crippen LogP contribution in [0.5, 0.6) is 0 Å². The van der Waals surface area contributed by atoms with E-state index in [2.05, 4.69) is 30.2 Å². The van der Waals surface area contributed by atoms with Gasteiger partial charge in [-0.3, -0.25) is 14.9 Å². The molecule has 6 rings (SSSR count). The second-order valence-electron chi connectivity index (χ2n) is 11.9. The van der Waals surface area contributed by atoms with E-state index in [-0.39, 0.29) is 12.5 Å². The molecule has 9 nitrogen and oxygen atoms in total. The Morgan fingerprint density at radius 1 is 0.909 bits per heavy atom. The number of H-pyrrole nitrogens is 2. The van der Waals surface area contributed by atoms with Gasteiger partial charge in [-0.1, -0.05) is 39.0 Å². The number of rotatable bonds is 7. The molecule has 0 saturated heterocycles. The molecule has 0 aliphatic heterocycles. The molecule has 0 unspecified atom stereocenters. The van der Waals surface area contributed by atoms with Gasteiger partial charge >= 0.3 is 0 Å². The Labute approximate surface area is 254 Å². The Morgan fingerprint density at radius 2 is 1.73 bits per heavy atom. The summed E-state index contributed by atoms with van der Waals surface area (Å²) in [4.78, 5) is 20.3. The summed E-state index contributed by atoms with van der Waals surface area (Å²) in [6, 6.07) is 20.1. The number of sulfonamides is 1. The maximum atomic E-state index is 14.6. The van der Waals surface area contributed by atoms with Gasteiger partial charge in [0.05, 0.1) is 29.4 Å². The number of anilines is 1. The number of pyridine rings is 1. The third kappa shape index (κ3) is 6.10. The van der Waals surface area contributed by atoms with Crippen molar-refractivity contribution in [2.45, 2.75) is 27.3 Å². The highest BCUT2D eigenvalue weighted by molar-refractivity contribution is 7.88. The predicted molar refractivity (Wildman–Crippen MR) is 172 cm³/mol. The molecule has 6 aromatic rings. The molecular weight excluding hydrogens is 579 g/mol. The van der Waals surface area contributed by atoms with E-state index in [0.29, 0.717) is 22.5 Å². The normalized spacial score (nSPS) is 12.2. The van der Waals surface area contributed by atoms with Crippen LogP contribution in [0.2, 0.25) is 0 Å². The van der Waals surface area contributed by atoms with Crippen molar-refractivity contribution in [3.05, 3.63) is 90.5 Å². The van der Waals surface area contributed by atoms with Gasteiger partial charge in [-0.25, -0.2) is 17.5 Å². The van der Waals surface area contributed by atoms with Crippen molar-refractivity contribution < 1.29 is 17.6 Å². The minimum atomic E-state index is -3.43. The van der Waals surface area contributed by atoms with Crippen LogP contribution in [0.4, 0.5) is 10.1 Å². The average Bonchev–Trinajstić information content (AvgIpc) is 3.59. The number of aromatic amines is 2. The maximum absolute atomic E-state index is 14.6. The fourth-order valence-corrected chi connectivity index (χ4v) is 5.47. The fourth-order valence-electron chi connectivity index (χ4n) is 5.04. The van der Waals surface area contributed by atoms with Gasteiger partial charge in [0.25, 0.3) is 0 Å². The van der Waals surface area contributed by atoms with Gasteiger partial charge in [0, 0.05) is 40.0 Å². The number of amides is 1. The third-order valence-corrected chi connectivity index (χ3v) is 7.97. The number of nitrogens with zero attached hydrogens (tertiary/aromatic N) is 2. The lowest BCUT2D eigenvalue weighted by Crippen LogP contribution is -2.27. The van der Waals surface area contributed by atoms with E-state index in [1.54, 1.807) is 18.5 Å². The molecule has 3 heterocycles. The van der Waals surface area contributed by atoms with Crippen LogP contribution < -0.4 is 10.0 Å². The average molecular weight is 611 g/mol. The molecule has 0 aliphatic carbocycles. The van der Waals surface area contributed by atoms with Crippen molar-refractivity contribution >= 4 is 43.4 Å². The van der Waals surface area contributed by atoms with E-state index in [9.17, 15) is 17.6 Å². The van der Waals surface area contributed by atoms with Gasteiger partial charge < -0.3 is 10.3 Å². The zero-order valence-corrected chi connectivity index (χ0v) is 25.4. The number of nitrogens with one attached hydrogen (secondary N) is 4. The smallest absolute Gasteiger partial charge is 0.229 e. The zero-order valence-electron chi connectivity index (χ0n) is 24.6. The molecule has 4 N–H and O–H groups in total. The summed E-state index contributed by atoms with van der Waals surface area (Å²) in [6.07, 6.45) is 4.45. The van der Waals surface area contributed by atoms with Gasteiger partial charge in [-0.05, 0) is 70.8 Å². The summed E-state index contributed by atoms with van der Waals surface area (Å²) in [6.45, 7) is 5.56. The summed E-state index contributed by atoms with van der Waals surface area (Å²) in [5, 5.41) is 12.4. The molecule has 11 heteroatoms. The molecular formula is C33H31FN6O3S. The van der Waals surface area contributed by atoms with Crippen LogP contribution in [-0.2, 0) is 21.4 Å². The number of fused-ring (bicyclic) bond motifs is 2. The third-order valence-electron chi connectivity index (χ3n) is 7.30. The summed E-state index contributed by atoms with van der Waals surface area (Å²) in [5.74, 6) is -0.551. The standard InChI is InChI=1S/C33H31FN6O3S/c1-33(2,3)32(41)37-24-13-22(17-35-18-24)20-8-9-29-27(14-20)31(40-39-29)30-15-26-25(6-5-7-28(26)38-30)21-10-19(11-23(34)12-21)16-36-44(4,42)43/h5-15,17-18,36,38H,16H2,1-4H3,(H,37,41)(H,39,40). The number of hydrogen-bond acceptors (Lipinski definition) is 5. The molecule has 0 fully saturated rings. The van der Waals surface area contributed by atoms with E-state index in [0.717, 1.165) is 50.4 Å². The number of benzene rings is 3. The van der Waals surface area contributed by atoms with Crippen molar-refractivity contribution in [2.24, 2.45) is 5.41 Å². The Balaban J connectivity index is 1.37. The second kappa shape index (κ2) is 11.0. The first kappa shape index (κ1) is 29.2. The van der Waals surface area contributed by atoms with Crippen molar-refractivity contribution in [3.8, 4) is 33.6 Å². The molecule has 0 spiro atoms. The van der Waals surface area contributed by atoms with Gasteiger partial charge in [0.15, 0.2) is 0 Å². The van der Waals surface area contributed by atoms with Crippen LogP contribution in [0.1, 0.15) is 26.3 Å². The highest BCUT2D eigenvalue weighted by Crippen LogP contribution is 2.36. The summed E-state index contributed by atoms with van der Waals surface area (Å²) < 4.78 is 40.2. The molecule has 3 aromatic carbocycles. The van der Waals surface area contributed by atoms with Crippen LogP contribution in [0.3, 0.4) is 0 Å². The van der Waals surface area contributed by atoms with Gasteiger partial charge in [-0.2, -0.15) is 5.10 Å². The Kier molecular flexibility index (Phi) is 7.30. The van der Waals surface area contributed by atoms with Gasteiger partial charge in [-0.15, -0.1) is 0 Å². The van der Waals surface area contributed by atoms with Crippen molar-refractivity contribution in [1.82, 2.24) is 24.9 Å². The Morgan fingerprint density at radius 3 is 2.50 bits per heavy atom. The molecule has 0 saturated carbocycles. The summed E-state index contributed by atoms with van der Waals surface area (Å²) in [5.41, 5.74) is 6.96. The second-order valence-corrected chi connectivity index (χ2v) is 13.7.